The number of nitrogens with two attached hydrogens (primary N) is 1. The molecule has 0 spiro atoms. The van der Waals surface area contributed by atoms with Crippen molar-refractivity contribution in [3.05, 3.63) is 27.8 Å². The van der Waals surface area contributed by atoms with Crippen LogP contribution >= 0.6 is 35.0 Å². The number of rotatable bonds is 5. The zero-order chi connectivity index (χ0) is 14.4. The smallest absolute Gasteiger partial charge is 0.222 e. The third kappa shape index (κ3) is 5.64. The molecule has 0 radical (unpaired) electrons. The molecule has 21 heavy (non-hydrogen) atoms. The second kappa shape index (κ2) is 9.48. The highest BCUT2D eigenvalue weighted by molar-refractivity contribution is 14.1. The van der Waals surface area contributed by atoms with E-state index in [2.05, 4.69) is 22.6 Å². The van der Waals surface area contributed by atoms with Crippen LogP contribution < -0.4 is 10.5 Å². The van der Waals surface area contributed by atoms with Crippen molar-refractivity contribution in [1.82, 2.24) is 4.90 Å². The zero-order valence-corrected chi connectivity index (χ0v) is 14.9. The summed E-state index contributed by atoms with van der Waals surface area (Å²) in [5, 5.41) is 0. The molecule has 6 heteroatoms. The predicted octanol–water partition coefficient (Wildman–Crippen LogP) is 2.82. The van der Waals surface area contributed by atoms with E-state index >= 15 is 0 Å². The Hall–Kier alpha value is -0.530. The van der Waals surface area contributed by atoms with Crippen LogP contribution in [-0.4, -0.2) is 36.5 Å². The summed E-state index contributed by atoms with van der Waals surface area (Å²) in [6.07, 6.45) is 3.36. The number of likely N-dealkylation sites (tertiary alicyclic amines) is 1. The Kier molecular flexibility index (Phi) is 8.36. The van der Waals surface area contributed by atoms with Crippen LogP contribution in [0.15, 0.2) is 24.3 Å². The molecule has 1 saturated heterocycles. The van der Waals surface area contributed by atoms with Crippen molar-refractivity contribution in [2.45, 2.75) is 31.8 Å². The Labute approximate surface area is 145 Å². The number of para-hydroxylation sites is 1. The minimum absolute atomic E-state index is 0. The molecule has 0 bridgehead atoms. The van der Waals surface area contributed by atoms with Gasteiger partial charge in [0.15, 0.2) is 0 Å². The Morgan fingerprint density at radius 1 is 1.33 bits per heavy atom. The van der Waals surface area contributed by atoms with Crippen LogP contribution in [0.2, 0.25) is 0 Å². The van der Waals surface area contributed by atoms with E-state index in [0.717, 1.165) is 41.7 Å². The molecule has 0 aliphatic carbocycles. The summed E-state index contributed by atoms with van der Waals surface area (Å²) in [6, 6.07) is 8.04. The van der Waals surface area contributed by atoms with E-state index in [-0.39, 0.29) is 24.4 Å². The number of halogens is 2. The maximum absolute atomic E-state index is 11.9. The third-order valence-corrected chi connectivity index (χ3v) is 4.41. The predicted molar refractivity (Wildman–Crippen MR) is 94.9 cm³/mol. The second-order valence-corrected chi connectivity index (χ2v) is 6.18. The van der Waals surface area contributed by atoms with Gasteiger partial charge in [-0.15, -0.1) is 12.4 Å². The lowest BCUT2D eigenvalue weighted by Crippen LogP contribution is -2.41. The maximum atomic E-state index is 11.9. The lowest BCUT2D eigenvalue weighted by Gasteiger charge is -2.32. The van der Waals surface area contributed by atoms with Gasteiger partial charge in [0, 0.05) is 32.4 Å². The minimum atomic E-state index is 0. The van der Waals surface area contributed by atoms with E-state index < -0.39 is 0 Å². The number of nitrogens with zero attached hydrogens (tertiary/aromatic N) is 1. The zero-order valence-electron chi connectivity index (χ0n) is 12.0. The van der Waals surface area contributed by atoms with Crippen LogP contribution in [0.1, 0.15) is 25.7 Å². The van der Waals surface area contributed by atoms with Gasteiger partial charge < -0.3 is 15.4 Å². The van der Waals surface area contributed by atoms with Crippen LogP contribution in [0, 0.1) is 3.57 Å². The number of benzene rings is 1. The molecule has 1 aliphatic heterocycles. The number of piperidine rings is 1. The summed E-state index contributed by atoms with van der Waals surface area (Å²) in [5.41, 5.74) is 5.44. The van der Waals surface area contributed by atoms with Crippen molar-refractivity contribution in [1.29, 1.82) is 0 Å². The second-order valence-electron chi connectivity index (χ2n) is 5.02. The lowest BCUT2D eigenvalue weighted by molar-refractivity contribution is -0.133. The van der Waals surface area contributed by atoms with Gasteiger partial charge >= 0.3 is 0 Å². The molecule has 4 nitrogen and oxygen atoms in total. The van der Waals surface area contributed by atoms with Crippen molar-refractivity contribution in [3.8, 4) is 5.75 Å². The molecule has 2 N–H and O–H groups in total. The molecule has 0 atom stereocenters. The molecule has 1 fully saturated rings. The van der Waals surface area contributed by atoms with E-state index in [1.165, 1.54) is 0 Å². The average molecular weight is 425 g/mol. The number of ether oxygens (including phenoxy) is 1. The van der Waals surface area contributed by atoms with Gasteiger partial charge in [-0.3, -0.25) is 4.79 Å². The number of amides is 1. The van der Waals surface area contributed by atoms with E-state index in [9.17, 15) is 4.79 Å². The monoisotopic (exact) mass is 424 g/mol. The largest absolute Gasteiger partial charge is 0.489 e. The number of hydrogen-bond donors (Lipinski definition) is 1. The summed E-state index contributed by atoms with van der Waals surface area (Å²) < 4.78 is 7.16. The summed E-state index contributed by atoms with van der Waals surface area (Å²) in [5.74, 6) is 1.17. The van der Waals surface area contributed by atoms with Crippen molar-refractivity contribution < 1.29 is 9.53 Å². The van der Waals surface area contributed by atoms with Gasteiger partial charge in [-0.2, -0.15) is 0 Å². The molecule has 1 aromatic rings. The fourth-order valence-electron chi connectivity index (χ4n) is 2.35. The molecule has 0 unspecified atom stereocenters. The molecule has 1 aromatic carbocycles. The van der Waals surface area contributed by atoms with Gasteiger partial charge in [-0.1, -0.05) is 12.1 Å². The van der Waals surface area contributed by atoms with Crippen molar-refractivity contribution >= 4 is 40.9 Å². The van der Waals surface area contributed by atoms with E-state index in [1.54, 1.807) is 0 Å². The number of carbonyl (C=O) groups is 1. The van der Waals surface area contributed by atoms with Crippen LogP contribution in [0.3, 0.4) is 0 Å². The molecule has 2 rings (SSSR count). The Bertz CT molecular complexity index is 451. The molecule has 0 aromatic heterocycles. The summed E-state index contributed by atoms with van der Waals surface area (Å²) in [7, 11) is 0. The molecule has 118 valence electrons. The lowest BCUT2D eigenvalue weighted by atomic mass is 10.1. The molecular formula is C15H22ClIN2O2. The first kappa shape index (κ1) is 18.5. The number of hydrogen-bond acceptors (Lipinski definition) is 3. The number of carbonyl (C=O) groups excluding carboxylic acids is 1. The van der Waals surface area contributed by atoms with Crippen molar-refractivity contribution in [2.75, 3.05) is 19.6 Å². The van der Waals surface area contributed by atoms with Crippen LogP contribution in [-0.2, 0) is 4.79 Å². The van der Waals surface area contributed by atoms with Crippen molar-refractivity contribution in [2.24, 2.45) is 5.73 Å². The Morgan fingerprint density at radius 3 is 2.62 bits per heavy atom. The van der Waals surface area contributed by atoms with Crippen LogP contribution in [0.4, 0.5) is 0 Å². The summed E-state index contributed by atoms with van der Waals surface area (Å²) >= 11 is 2.28. The van der Waals surface area contributed by atoms with E-state index in [4.69, 9.17) is 10.5 Å². The first-order valence-electron chi connectivity index (χ1n) is 7.09. The first-order valence-corrected chi connectivity index (χ1v) is 8.17. The van der Waals surface area contributed by atoms with E-state index in [0.29, 0.717) is 13.0 Å². The topological polar surface area (TPSA) is 55.6 Å². The van der Waals surface area contributed by atoms with Crippen LogP contribution in [0.25, 0.3) is 0 Å². The van der Waals surface area contributed by atoms with Crippen LogP contribution in [0.5, 0.6) is 5.75 Å². The molecular weight excluding hydrogens is 403 g/mol. The SMILES string of the molecule is Cl.NCCCC(=O)N1CCC(Oc2ccccc2I)CC1. The van der Waals surface area contributed by atoms with Gasteiger partial charge in [-0.05, 0) is 47.7 Å². The van der Waals surface area contributed by atoms with Gasteiger partial charge in [0.25, 0.3) is 0 Å². The molecule has 1 heterocycles. The van der Waals surface area contributed by atoms with Crippen molar-refractivity contribution in [3.63, 3.8) is 0 Å². The highest BCUT2D eigenvalue weighted by Crippen LogP contribution is 2.24. The normalized spacial score (nSPS) is 15.4. The Morgan fingerprint density at radius 2 is 2.00 bits per heavy atom. The average Bonchev–Trinajstić information content (AvgIpc) is 2.48. The summed E-state index contributed by atoms with van der Waals surface area (Å²) in [6.45, 7) is 2.16. The standard InChI is InChI=1S/C15H21IN2O2.ClH/c16-13-4-1-2-5-14(13)20-12-7-10-18(11-8-12)15(19)6-3-9-17;/h1-2,4-5,12H,3,6-11,17H2;1H. The van der Waals surface area contributed by atoms with Gasteiger partial charge in [0.2, 0.25) is 5.91 Å². The fraction of sp³-hybridized carbons (Fsp3) is 0.533. The first-order chi connectivity index (χ1) is 9.70. The Balaban J connectivity index is 0.00000220. The summed E-state index contributed by atoms with van der Waals surface area (Å²) in [4.78, 5) is 13.8. The molecule has 1 aliphatic rings. The minimum Gasteiger partial charge on any atom is -0.489 e. The molecule has 0 saturated carbocycles. The maximum Gasteiger partial charge on any atom is 0.222 e. The third-order valence-electron chi connectivity index (χ3n) is 3.52. The highest BCUT2D eigenvalue weighted by Gasteiger charge is 2.23. The van der Waals surface area contributed by atoms with E-state index in [1.807, 2.05) is 29.2 Å². The van der Waals surface area contributed by atoms with Gasteiger partial charge in [-0.25, -0.2) is 0 Å². The van der Waals surface area contributed by atoms with Gasteiger partial charge in [0.05, 0.1) is 3.57 Å². The fourth-order valence-corrected chi connectivity index (χ4v) is 2.87. The highest BCUT2D eigenvalue weighted by atomic mass is 127. The molecule has 1 amide bonds. The quantitative estimate of drug-likeness (QED) is 0.740. The van der Waals surface area contributed by atoms with Gasteiger partial charge in [0.1, 0.15) is 11.9 Å².